The van der Waals surface area contributed by atoms with Crippen molar-refractivity contribution >= 4 is 106 Å². The number of ether oxygens (including phenoxy) is 1. The van der Waals surface area contributed by atoms with Gasteiger partial charge in [0, 0.05) is 6.61 Å². The summed E-state index contributed by atoms with van der Waals surface area (Å²) in [5.74, 6) is 0.913. The van der Waals surface area contributed by atoms with Crippen LogP contribution in [0.3, 0.4) is 0 Å². The maximum Gasteiger partial charge on any atom is 0.335 e. The zero-order valence-corrected chi connectivity index (χ0v) is 81.9. The summed E-state index contributed by atoms with van der Waals surface area (Å²) < 4.78 is 172. The number of thioether (sulfide) groups is 1. The zero-order chi connectivity index (χ0) is 82.0. The van der Waals surface area contributed by atoms with Gasteiger partial charge in [-0.25, -0.2) is 0 Å². The predicted octanol–water partition coefficient (Wildman–Crippen LogP) is 23.5. The van der Waals surface area contributed by atoms with Gasteiger partial charge in [0.2, 0.25) is 0 Å². The Hall–Kier alpha value is 3.63. The first-order chi connectivity index (χ1) is 51.3. The molecule has 0 aliphatic rings. The SMILES string of the molecule is CCOC(COP(OCC)OCC)OP(OCC)OCC.CCOP(OCC)OC(C)C(C)OP(OCC)OCC.CCOP(OCC)OCC(CC)OP(OCC)OCC.CCOP(OCC)OCC(OP(OCC)OCC)SCC.CCOP(OCC)OCC(OP(OCC)OCC)[Si](C)(C)C(C)(C)C. The maximum atomic E-state index is 6.29. The molecule has 0 saturated heterocycles. The van der Waals surface area contributed by atoms with Crippen LogP contribution in [0.1, 0.15) is 200 Å². The van der Waals surface area contributed by atoms with Crippen molar-refractivity contribution in [3.63, 3.8) is 0 Å². The minimum atomic E-state index is -1.86. The third-order valence-electron chi connectivity index (χ3n) is 11.9. The fourth-order valence-corrected chi connectivity index (χ4v) is 19.7. The zero-order valence-electron chi connectivity index (χ0n) is 71.1. The predicted molar refractivity (Wildman–Crippen MR) is 443 cm³/mol. The molecule has 0 fully saturated rings. The van der Waals surface area contributed by atoms with E-state index in [-0.39, 0.29) is 41.1 Å². The van der Waals surface area contributed by atoms with Crippen LogP contribution in [0.15, 0.2) is 0 Å². The van der Waals surface area contributed by atoms with Crippen LogP contribution in [0.4, 0.5) is 0 Å². The Morgan fingerprint density at radius 3 is 0.776 bits per heavy atom. The van der Waals surface area contributed by atoms with E-state index in [9.17, 15) is 0 Å². The highest BCUT2D eigenvalue weighted by Gasteiger charge is 2.45. The molecule has 6 atom stereocenters. The van der Waals surface area contributed by atoms with E-state index in [1.165, 1.54) is 0 Å². The summed E-state index contributed by atoms with van der Waals surface area (Å²) in [4.78, 5) is 0. The van der Waals surface area contributed by atoms with E-state index in [1.54, 1.807) is 11.8 Å². The highest BCUT2D eigenvalue weighted by molar-refractivity contribution is 7.99. The van der Waals surface area contributed by atoms with Crippen LogP contribution in [-0.4, -0.2) is 215 Å². The summed E-state index contributed by atoms with van der Waals surface area (Å²) in [5.41, 5.74) is -0.243. The topological polar surface area (TPSA) is 286 Å². The van der Waals surface area contributed by atoms with E-state index >= 15 is 0 Å². The van der Waals surface area contributed by atoms with E-state index in [2.05, 4.69) is 40.8 Å². The summed E-state index contributed by atoms with van der Waals surface area (Å²) >= 11 is 1.64. The molecule has 6 unspecified atom stereocenters. The summed E-state index contributed by atoms with van der Waals surface area (Å²) in [5, 5.41) is 0.139. The molecule has 652 valence electrons. The summed E-state index contributed by atoms with van der Waals surface area (Å²) in [6.07, 6.45) is -0.217. The largest absolute Gasteiger partial charge is 0.350 e. The molecular weight excluding hydrogens is 1630 g/mol. The van der Waals surface area contributed by atoms with Gasteiger partial charge in [0.15, 0.2) is 6.29 Å². The average Bonchev–Trinajstić information content (AvgIpc) is 0.803. The van der Waals surface area contributed by atoms with Gasteiger partial charge in [-0.05, 0) is 176 Å². The van der Waals surface area contributed by atoms with Gasteiger partial charge in [-0.2, -0.15) is 0 Å². The first kappa shape index (κ1) is 119. The molecule has 0 rings (SSSR count). The van der Waals surface area contributed by atoms with Gasteiger partial charge >= 0.3 is 86.0 Å². The smallest absolute Gasteiger partial charge is 0.335 e. The van der Waals surface area contributed by atoms with Crippen molar-refractivity contribution in [1.82, 2.24) is 0 Å². The summed E-state index contributed by atoms with van der Waals surface area (Å²) in [6.45, 7) is 72.3. The van der Waals surface area contributed by atoms with E-state index in [0.717, 1.165) is 12.2 Å². The van der Waals surface area contributed by atoms with Gasteiger partial charge < -0.3 is 131 Å². The molecule has 0 aliphatic heterocycles. The lowest BCUT2D eigenvalue weighted by Gasteiger charge is -2.43. The molecule has 0 saturated carbocycles. The van der Waals surface area contributed by atoms with Gasteiger partial charge in [0.25, 0.3) is 0 Å². The number of rotatable bonds is 71. The average molecular weight is 1790 g/mol. The van der Waals surface area contributed by atoms with Crippen LogP contribution in [0.2, 0.25) is 18.1 Å². The normalized spacial score (nSPS) is 13.9. The highest BCUT2D eigenvalue weighted by Crippen LogP contribution is 2.51. The van der Waals surface area contributed by atoms with Gasteiger partial charge in [-0.1, -0.05) is 47.7 Å². The van der Waals surface area contributed by atoms with E-state index in [1.807, 2.05) is 166 Å². The third-order valence-corrected chi connectivity index (χ3v) is 32.5. The van der Waals surface area contributed by atoms with Crippen LogP contribution < -0.4 is 0 Å². The second-order valence-electron chi connectivity index (χ2n) is 21.1. The van der Waals surface area contributed by atoms with Gasteiger partial charge in [0.1, 0.15) is 12.0 Å². The Morgan fingerprint density at radius 2 is 0.505 bits per heavy atom. The molecule has 0 aromatic rings. The molecule has 107 heavy (non-hydrogen) atoms. The fourth-order valence-electron chi connectivity index (χ4n) is 6.19. The Morgan fingerprint density at radius 1 is 0.262 bits per heavy atom. The van der Waals surface area contributed by atoms with Crippen molar-refractivity contribution in [3.8, 4) is 0 Å². The van der Waals surface area contributed by atoms with Crippen LogP contribution in [-0.2, 0) is 140 Å². The molecular formula is C64H150O31P10SSi. The Balaban J connectivity index is -0.000000406. The van der Waals surface area contributed by atoms with Crippen molar-refractivity contribution < 1.29 is 140 Å². The lowest BCUT2D eigenvalue weighted by atomic mass is 10.2. The molecule has 0 spiro atoms. The second kappa shape index (κ2) is 86.0. The Kier molecular flexibility index (Phi) is 95.8. The van der Waals surface area contributed by atoms with Crippen molar-refractivity contribution in [3.05, 3.63) is 0 Å². The molecule has 43 heteroatoms. The molecule has 31 nitrogen and oxygen atoms in total. The standard InChI is InChI=1S/C16H38O6P2Si.C12H28O7P2.C12H28O6P2S.2C12H28O6P2/c1-10-17-23(18-11-2)21-14-15(25(8,9)16(5,6)7)22-24(19-12-3)20-13-4;1-6-13-12(19-21(16-9-4)17-10-5)11-18-20(14-7-2)15-8-3;1-6-13-19(14-7-2)17-11-12(21-10-5)18-20(15-8-3)16-9-4;1-7-13-19(14-8-2)17-11(5)12(6)18-20(15-9-3)16-10-4;1-6-12(18-20(15-9-4)16-10-5)11-17-19(13-7-2)14-8-3/h15H,10-14H2,1-9H3;2*12H,6-11H2,1-5H3;11-12H,7-10H2,1-6H3;12H,6-11H2,1-5H3. The lowest BCUT2D eigenvalue weighted by Crippen LogP contribution is -2.52. The monoisotopic (exact) mass is 1780 g/mol. The minimum absolute atomic E-state index is 0.0809. The third kappa shape index (κ3) is 70.1. The Labute approximate surface area is 667 Å². The highest BCUT2D eigenvalue weighted by atomic mass is 32.2. The lowest BCUT2D eigenvalue weighted by molar-refractivity contribution is -0.108. The van der Waals surface area contributed by atoms with Crippen molar-refractivity contribution in [2.45, 2.75) is 254 Å². The first-order valence-electron chi connectivity index (χ1n) is 37.7. The summed E-state index contributed by atoms with van der Waals surface area (Å²) in [6, 6.07) is 0. The molecule has 0 heterocycles. The van der Waals surface area contributed by atoms with Gasteiger partial charge in [-0.3, -0.25) is 9.05 Å². The molecule has 0 radical (unpaired) electrons. The van der Waals surface area contributed by atoms with E-state index in [4.69, 9.17) is 140 Å². The summed E-state index contributed by atoms with van der Waals surface area (Å²) in [7, 11) is -15.3. The van der Waals surface area contributed by atoms with Gasteiger partial charge in [0.05, 0.1) is 184 Å². The number of hydrogen-bond acceptors (Lipinski definition) is 32. The molecule has 0 aromatic carbocycles. The van der Waals surface area contributed by atoms with Crippen LogP contribution in [0.5, 0.6) is 0 Å². The van der Waals surface area contributed by atoms with Crippen LogP contribution >= 0.6 is 97.8 Å². The number of hydrogen-bond donors (Lipinski definition) is 0. The first-order valence-corrected chi connectivity index (χ1v) is 52.8. The van der Waals surface area contributed by atoms with Crippen molar-refractivity contribution in [2.24, 2.45) is 0 Å². The van der Waals surface area contributed by atoms with Crippen molar-refractivity contribution in [1.29, 1.82) is 0 Å². The van der Waals surface area contributed by atoms with E-state index in [0.29, 0.717) is 159 Å². The van der Waals surface area contributed by atoms with Crippen molar-refractivity contribution in [2.75, 3.05) is 171 Å². The fraction of sp³-hybridized carbons (Fsp3) is 1.00. The minimum Gasteiger partial charge on any atom is -0.350 e. The maximum absolute atomic E-state index is 6.29. The molecule has 0 N–H and O–H groups in total. The Bertz CT molecular complexity index is 1630. The quantitative estimate of drug-likeness (QED) is 0.0310. The molecule has 0 aliphatic carbocycles. The molecule has 0 bridgehead atoms. The molecule has 0 amide bonds. The van der Waals surface area contributed by atoms with Crippen LogP contribution in [0, 0.1) is 0 Å². The molecule has 0 aromatic heterocycles. The van der Waals surface area contributed by atoms with Crippen LogP contribution in [0.25, 0.3) is 0 Å². The van der Waals surface area contributed by atoms with E-state index < -0.39 is 100 Å². The second-order valence-corrected chi connectivity index (χ2v) is 40.0. The van der Waals surface area contributed by atoms with Gasteiger partial charge in [-0.15, -0.1) is 11.8 Å².